The maximum Gasteiger partial charge on any atom is 0.342 e. The molecule has 0 amide bonds. The predicted octanol–water partition coefficient (Wildman–Crippen LogP) is 2.91. The number of ketones is 1. The second-order valence-corrected chi connectivity index (χ2v) is 4.94. The molecule has 1 N–H and O–H groups in total. The molecule has 0 bridgehead atoms. The largest absolute Gasteiger partial charge is 0.462 e. The first-order chi connectivity index (χ1) is 10.6. The fraction of sp³-hybridized carbons (Fsp3) is 0.176. The molecule has 0 spiro atoms. The number of nitrogens with one attached hydrogen (secondary N) is 1. The summed E-state index contributed by atoms with van der Waals surface area (Å²) in [6, 6.07) is 8.02. The van der Waals surface area contributed by atoms with Gasteiger partial charge < -0.3 is 9.72 Å². The van der Waals surface area contributed by atoms with Gasteiger partial charge in [-0.25, -0.2) is 9.18 Å². The fourth-order valence-electron chi connectivity index (χ4n) is 2.68. The number of carbonyl (C=O) groups excluding carboxylic acids is 2. The molecule has 0 radical (unpaired) electrons. The minimum absolute atomic E-state index is 0.0409. The number of esters is 1. The molecule has 0 unspecified atom stereocenters. The van der Waals surface area contributed by atoms with E-state index in [0.717, 1.165) is 0 Å². The Morgan fingerprint density at radius 3 is 2.82 bits per heavy atom. The van der Waals surface area contributed by atoms with E-state index in [1.807, 2.05) is 0 Å². The summed E-state index contributed by atoms with van der Waals surface area (Å²) in [5.41, 5.74) is 1.63. The van der Waals surface area contributed by atoms with Gasteiger partial charge >= 0.3 is 5.97 Å². The van der Waals surface area contributed by atoms with E-state index in [1.165, 1.54) is 6.07 Å². The van der Waals surface area contributed by atoms with Gasteiger partial charge in [-0.05, 0) is 36.3 Å². The molecule has 0 saturated heterocycles. The summed E-state index contributed by atoms with van der Waals surface area (Å²) in [7, 11) is 0. The summed E-state index contributed by atoms with van der Waals surface area (Å²) in [6.07, 6.45) is 2.00. The van der Waals surface area contributed by atoms with Gasteiger partial charge in [-0.2, -0.15) is 0 Å². The molecule has 1 aromatic carbocycles. The van der Waals surface area contributed by atoms with E-state index in [-0.39, 0.29) is 17.7 Å². The van der Waals surface area contributed by atoms with Crippen molar-refractivity contribution < 1.29 is 18.7 Å². The van der Waals surface area contributed by atoms with Crippen LogP contribution in [0.3, 0.4) is 0 Å². The monoisotopic (exact) mass is 299 g/mol. The summed E-state index contributed by atoms with van der Waals surface area (Å²) in [6.45, 7) is 1.81. The van der Waals surface area contributed by atoms with E-state index >= 15 is 0 Å². The van der Waals surface area contributed by atoms with Crippen molar-refractivity contribution >= 4 is 17.3 Å². The average Bonchev–Trinajstić information content (AvgIpc) is 3.01. The van der Waals surface area contributed by atoms with Crippen molar-refractivity contribution in [3.8, 4) is 0 Å². The van der Waals surface area contributed by atoms with Gasteiger partial charge in [0.05, 0.1) is 12.2 Å². The first kappa shape index (κ1) is 14.3. The van der Waals surface area contributed by atoms with Crippen LogP contribution in [0.1, 0.15) is 28.5 Å². The molecule has 0 fully saturated rings. The van der Waals surface area contributed by atoms with Crippen LogP contribution in [0.25, 0.3) is 5.57 Å². The molecule has 1 heterocycles. The molecule has 112 valence electrons. The standard InChI is InChI=1S/C17H14FNO3/c1-2-22-17(21)15-11(13-7-4-8-19-13)9-10-5-3-6-12(18)14(10)16(15)20/h3-8,19H,2,9H2,1H3. The number of rotatable bonds is 3. The summed E-state index contributed by atoms with van der Waals surface area (Å²) in [4.78, 5) is 27.8. The number of halogens is 1. The van der Waals surface area contributed by atoms with Crippen LogP contribution in [0.15, 0.2) is 42.1 Å². The lowest BCUT2D eigenvalue weighted by molar-refractivity contribution is -0.138. The Morgan fingerprint density at radius 1 is 1.32 bits per heavy atom. The molecule has 3 rings (SSSR count). The number of fused-ring (bicyclic) bond motifs is 1. The van der Waals surface area contributed by atoms with Crippen LogP contribution in [-0.4, -0.2) is 23.3 Å². The van der Waals surface area contributed by atoms with Crippen molar-refractivity contribution in [1.29, 1.82) is 0 Å². The quantitative estimate of drug-likeness (QED) is 0.700. The Labute approximate surface area is 126 Å². The third-order valence-electron chi connectivity index (χ3n) is 3.63. The third-order valence-corrected chi connectivity index (χ3v) is 3.63. The van der Waals surface area contributed by atoms with Crippen LogP contribution in [0, 0.1) is 5.82 Å². The van der Waals surface area contributed by atoms with E-state index in [9.17, 15) is 14.0 Å². The van der Waals surface area contributed by atoms with Gasteiger partial charge in [-0.1, -0.05) is 12.1 Å². The van der Waals surface area contributed by atoms with Crippen LogP contribution >= 0.6 is 0 Å². The molecule has 22 heavy (non-hydrogen) atoms. The minimum atomic E-state index is -0.717. The number of hydrogen-bond donors (Lipinski definition) is 1. The Morgan fingerprint density at radius 2 is 2.14 bits per heavy atom. The van der Waals surface area contributed by atoms with Crippen molar-refractivity contribution in [2.45, 2.75) is 13.3 Å². The normalized spacial score (nSPS) is 14.0. The average molecular weight is 299 g/mol. The molecule has 1 aromatic heterocycles. The van der Waals surface area contributed by atoms with Crippen LogP contribution in [0.4, 0.5) is 4.39 Å². The fourth-order valence-corrected chi connectivity index (χ4v) is 2.68. The number of allylic oxidation sites excluding steroid dienone is 1. The molecular weight excluding hydrogens is 285 g/mol. The highest BCUT2D eigenvalue weighted by atomic mass is 19.1. The zero-order chi connectivity index (χ0) is 15.7. The highest BCUT2D eigenvalue weighted by Crippen LogP contribution is 2.33. The van der Waals surface area contributed by atoms with E-state index < -0.39 is 17.6 Å². The number of Topliss-reactive ketones (excluding diaryl/α,β-unsaturated/α-hetero) is 1. The van der Waals surface area contributed by atoms with Crippen LogP contribution in [0.5, 0.6) is 0 Å². The minimum Gasteiger partial charge on any atom is -0.462 e. The van der Waals surface area contributed by atoms with Gasteiger partial charge in [0.1, 0.15) is 11.4 Å². The van der Waals surface area contributed by atoms with Crippen LogP contribution in [0.2, 0.25) is 0 Å². The lowest BCUT2D eigenvalue weighted by Gasteiger charge is -2.21. The van der Waals surface area contributed by atoms with E-state index in [2.05, 4.69) is 4.98 Å². The molecule has 0 saturated carbocycles. The summed E-state index contributed by atoms with van der Waals surface area (Å²) in [5.74, 6) is -1.96. The summed E-state index contributed by atoms with van der Waals surface area (Å²) in [5, 5.41) is 0. The van der Waals surface area contributed by atoms with Crippen molar-refractivity contribution in [3.05, 3.63) is 64.7 Å². The molecule has 1 aliphatic carbocycles. The summed E-state index contributed by atoms with van der Waals surface area (Å²) >= 11 is 0. The lowest BCUT2D eigenvalue weighted by Crippen LogP contribution is -2.24. The molecule has 0 aliphatic heterocycles. The zero-order valence-corrected chi connectivity index (χ0v) is 12.0. The van der Waals surface area contributed by atoms with Gasteiger partial charge in [0.25, 0.3) is 0 Å². The zero-order valence-electron chi connectivity index (χ0n) is 12.0. The third kappa shape index (κ3) is 2.24. The Hall–Kier alpha value is -2.69. The highest BCUT2D eigenvalue weighted by molar-refractivity contribution is 6.30. The van der Waals surface area contributed by atoms with E-state index in [0.29, 0.717) is 23.3 Å². The number of aromatic amines is 1. The topological polar surface area (TPSA) is 59.2 Å². The van der Waals surface area contributed by atoms with E-state index in [1.54, 1.807) is 37.4 Å². The summed E-state index contributed by atoms with van der Waals surface area (Å²) < 4.78 is 19.0. The number of carbonyl (C=O) groups is 2. The van der Waals surface area contributed by atoms with Gasteiger partial charge in [0.2, 0.25) is 5.78 Å². The molecule has 4 nitrogen and oxygen atoms in total. The van der Waals surface area contributed by atoms with Crippen molar-refractivity contribution in [2.24, 2.45) is 0 Å². The molecular formula is C17H14FNO3. The first-order valence-corrected chi connectivity index (χ1v) is 6.99. The SMILES string of the molecule is CCOC(=O)C1=C(c2ccc[nH]2)Cc2cccc(F)c2C1=O. The van der Waals surface area contributed by atoms with Crippen molar-refractivity contribution in [1.82, 2.24) is 4.98 Å². The predicted molar refractivity (Wildman–Crippen MR) is 78.8 cm³/mol. The van der Waals surface area contributed by atoms with Gasteiger partial charge in [0.15, 0.2) is 0 Å². The molecule has 5 heteroatoms. The smallest absolute Gasteiger partial charge is 0.342 e. The first-order valence-electron chi connectivity index (χ1n) is 6.99. The number of H-pyrrole nitrogens is 1. The second kappa shape index (κ2) is 5.60. The van der Waals surface area contributed by atoms with E-state index in [4.69, 9.17) is 4.74 Å². The molecule has 2 aromatic rings. The number of ether oxygens (including phenoxy) is 1. The number of aromatic nitrogens is 1. The van der Waals surface area contributed by atoms with Gasteiger partial charge in [-0.15, -0.1) is 0 Å². The molecule has 0 atom stereocenters. The number of hydrogen-bond acceptors (Lipinski definition) is 3. The van der Waals surface area contributed by atoms with Gasteiger partial charge in [-0.3, -0.25) is 4.79 Å². The Kier molecular flexibility index (Phi) is 3.63. The van der Waals surface area contributed by atoms with Crippen molar-refractivity contribution in [3.63, 3.8) is 0 Å². The Balaban J connectivity index is 2.19. The molecule has 1 aliphatic rings. The maximum absolute atomic E-state index is 14.0. The van der Waals surface area contributed by atoms with Gasteiger partial charge in [0, 0.05) is 18.3 Å². The second-order valence-electron chi connectivity index (χ2n) is 4.94. The van der Waals surface area contributed by atoms with Crippen LogP contribution in [-0.2, 0) is 16.0 Å². The Bertz CT molecular complexity index is 775. The lowest BCUT2D eigenvalue weighted by atomic mass is 9.83. The number of benzene rings is 1. The maximum atomic E-state index is 14.0. The van der Waals surface area contributed by atoms with Crippen molar-refractivity contribution in [2.75, 3.05) is 6.61 Å². The van der Waals surface area contributed by atoms with Crippen LogP contribution < -0.4 is 0 Å². The highest BCUT2D eigenvalue weighted by Gasteiger charge is 2.34.